The number of ketones is 1. The normalized spacial score (nSPS) is 10.3. The number of hydrogen-bond acceptors (Lipinski definition) is 5. The Labute approximate surface area is 165 Å². The van der Waals surface area contributed by atoms with Crippen molar-refractivity contribution in [3.8, 4) is 0 Å². The van der Waals surface area contributed by atoms with E-state index in [1.165, 1.54) is 0 Å². The first-order valence-corrected chi connectivity index (χ1v) is 9.23. The number of aromatic carboxylic acids is 1. The Morgan fingerprint density at radius 2 is 1.61 bits per heavy atom. The fourth-order valence-corrected chi connectivity index (χ4v) is 3.69. The van der Waals surface area contributed by atoms with Gasteiger partial charge in [0.2, 0.25) is 0 Å². The van der Waals surface area contributed by atoms with Gasteiger partial charge in [-0.3, -0.25) is 10.1 Å². The first-order valence-electron chi connectivity index (χ1n) is 8.41. The van der Waals surface area contributed by atoms with E-state index >= 15 is 0 Å². The third kappa shape index (κ3) is 4.27. The molecule has 3 rings (SSSR count). The number of carbonyl (C=O) groups is 3. The van der Waals surface area contributed by atoms with Crippen LogP contribution in [-0.2, 0) is 11.3 Å². The van der Waals surface area contributed by atoms with Gasteiger partial charge in [-0.15, -0.1) is 11.3 Å². The maximum absolute atomic E-state index is 12.9. The first kappa shape index (κ1) is 19.3. The predicted molar refractivity (Wildman–Crippen MR) is 106 cm³/mol. The van der Waals surface area contributed by atoms with Crippen molar-refractivity contribution < 1.29 is 24.2 Å². The lowest BCUT2D eigenvalue weighted by molar-refractivity contribution is 0.0701. The predicted octanol–water partition coefficient (Wildman–Crippen LogP) is 4.73. The molecule has 0 saturated heterocycles. The number of anilines is 1. The lowest BCUT2D eigenvalue weighted by atomic mass is 10.0. The van der Waals surface area contributed by atoms with Crippen LogP contribution in [0.4, 0.5) is 9.80 Å². The maximum atomic E-state index is 12.9. The van der Waals surface area contributed by atoms with Gasteiger partial charge >= 0.3 is 12.1 Å². The highest BCUT2D eigenvalue weighted by molar-refractivity contribution is 7.18. The highest BCUT2D eigenvalue weighted by Crippen LogP contribution is 2.35. The monoisotopic (exact) mass is 395 g/mol. The van der Waals surface area contributed by atoms with Crippen LogP contribution in [0.25, 0.3) is 0 Å². The summed E-state index contributed by atoms with van der Waals surface area (Å²) in [6.45, 7) is 1.61. The number of ether oxygens (including phenoxy) is 1. The van der Waals surface area contributed by atoms with E-state index in [4.69, 9.17) is 4.74 Å². The van der Waals surface area contributed by atoms with E-state index in [0.717, 1.165) is 16.9 Å². The number of nitrogens with one attached hydrogen (secondary N) is 1. The van der Waals surface area contributed by atoms with E-state index in [-0.39, 0.29) is 27.8 Å². The smallest absolute Gasteiger partial charge is 0.412 e. The minimum atomic E-state index is -1.16. The molecule has 0 bridgehead atoms. The summed E-state index contributed by atoms with van der Waals surface area (Å²) in [6, 6.07) is 17.6. The molecule has 0 aliphatic carbocycles. The van der Waals surface area contributed by atoms with E-state index in [9.17, 15) is 19.5 Å². The molecular formula is C21H17NO5S. The second-order valence-corrected chi connectivity index (χ2v) is 6.97. The van der Waals surface area contributed by atoms with Gasteiger partial charge in [-0.2, -0.15) is 0 Å². The number of rotatable bonds is 6. The Bertz CT molecular complexity index is 1010. The van der Waals surface area contributed by atoms with Gasteiger partial charge in [0.15, 0.2) is 5.78 Å². The van der Waals surface area contributed by atoms with Gasteiger partial charge < -0.3 is 9.84 Å². The molecule has 28 heavy (non-hydrogen) atoms. The zero-order chi connectivity index (χ0) is 20.1. The Morgan fingerprint density at radius 1 is 1.00 bits per heavy atom. The van der Waals surface area contributed by atoms with Crippen LogP contribution in [0, 0.1) is 6.92 Å². The number of hydrogen-bond donors (Lipinski definition) is 2. The molecular weight excluding hydrogens is 378 g/mol. The molecule has 0 saturated carbocycles. The second-order valence-electron chi connectivity index (χ2n) is 5.95. The number of benzene rings is 2. The van der Waals surface area contributed by atoms with Crippen molar-refractivity contribution in [1.82, 2.24) is 0 Å². The molecule has 0 radical (unpaired) electrons. The quantitative estimate of drug-likeness (QED) is 0.589. The molecule has 2 aromatic carbocycles. The number of thiophene rings is 1. The highest BCUT2D eigenvalue weighted by Gasteiger charge is 2.26. The molecule has 3 aromatic rings. The fraction of sp³-hybridized carbons (Fsp3) is 0.0952. The lowest BCUT2D eigenvalue weighted by Gasteiger charge is -2.08. The van der Waals surface area contributed by atoms with Crippen LogP contribution in [0.3, 0.4) is 0 Å². The van der Waals surface area contributed by atoms with Gasteiger partial charge in [0, 0.05) is 5.56 Å². The Hall–Kier alpha value is -3.45. The van der Waals surface area contributed by atoms with Crippen molar-refractivity contribution >= 4 is 34.2 Å². The minimum Gasteiger partial charge on any atom is -0.477 e. The van der Waals surface area contributed by atoms with Crippen LogP contribution >= 0.6 is 11.3 Å². The Kier molecular flexibility index (Phi) is 5.86. The Balaban J connectivity index is 1.85. The summed E-state index contributed by atoms with van der Waals surface area (Å²) < 4.78 is 5.18. The van der Waals surface area contributed by atoms with Crippen LogP contribution in [0.2, 0.25) is 0 Å². The summed E-state index contributed by atoms with van der Waals surface area (Å²) in [5, 5.41) is 12.1. The van der Waals surface area contributed by atoms with Crippen LogP contribution in [-0.4, -0.2) is 23.0 Å². The average Bonchev–Trinajstić information content (AvgIpc) is 3.03. The number of amides is 1. The van der Waals surface area contributed by atoms with E-state index < -0.39 is 12.1 Å². The molecule has 0 unspecified atom stereocenters. The number of carbonyl (C=O) groups excluding carboxylic acids is 2. The van der Waals surface area contributed by atoms with Gasteiger partial charge in [0.05, 0.1) is 5.56 Å². The standard InChI is InChI=1S/C21H17NO5S/c1-13-16(17(23)15-10-6-3-7-11-15)19(28-18(13)20(24)25)22-21(26)27-12-14-8-4-2-5-9-14/h2-11H,12H2,1H3,(H,22,26)(H,24,25). The molecule has 7 heteroatoms. The molecule has 0 atom stereocenters. The summed E-state index contributed by atoms with van der Waals surface area (Å²) in [6.07, 6.45) is -0.760. The molecule has 6 nitrogen and oxygen atoms in total. The minimum absolute atomic E-state index is 0.00218. The van der Waals surface area contributed by atoms with Gasteiger partial charge in [-0.05, 0) is 18.1 Å². The van der Waals surface area contributed by atoms with Crippen molar-refractivity contribution in [2.24, 2.45) is 0 Å². The molecule has 1 amide bonds. The molecule has 1 aromatic heterocycles. The Morgan fingerprint density at radius 3 is 2.21 bits per heavy atom. The molecule has 0 spiro atoms. The van der Waals surface area contributed by atoms with Crippen molar-refractivity contribution in [3.05, 3.63) is 87.8 Å². The van der Waals surface area contributed by atoms with Gasteiger partial charge in [-0.25, -0.2) is 9.59 Å². The van der Waals surface area contributed by atoms with Crippen LogP contribution < -0.4 is 5.32 Å². The third-order valence-electron chi connectivity index (χ3n) is 4.03. The van der Waals surface area contributed by atoms with Crippen molar-refractivity contribution in [2.75, 3.05) is 5.32 Å². The molecule has 142 valence electrons. The summed E-state index contributed by atoms with van der Waals surface area (Å²) in [5.41, 5.74) is 1.68. The van der Waals surface area contributed by atoms with E-state index in [0.29, 0.717) is 11.1 Å². The van der Waals surface area contributed by atoms with Gasteiger partial charge in [-0.1, -0.05) is 60.7 Å². The SMILES string of the molecule is Cc1c(C(=O)O)sc(NC(=O)OCc2ccccc2)c1C(=O)c1ccccc1. The largest absolute Gasteiger partial charge is 0.477 e. The second kappa shape index (κ2) is 8.49. The van der Waals surface area contributed by atoms with Crippen molar-refractivity contribution in [2.45, 2.75) is 13.5 Å². The van der Waals surface area contributed by atoms with Crippen molar-refractivity contribution in [1.29, 1.82) is 0 Å². The van der Waals surface area contributed by atoms with Crippen LogP contribution in [0.5, 0.6) is 0 Å². The molecule has 1 heterocycles. The van der Waals surface area contributed by atoms with Crippen molar-refractivity contribution in [3.63, 3.8) is 0 Å². The topological polar surface area (TPSA) is 92.7 Å². The van der Waals surface area contributed by atoms with Gasteiger partial charge in [0.25, 0.3) is 0 Å². The third-order valence-corrected chi connectivity index (χ3v) is 5.23. The molecule has 2 N–H and O–H groups in total. The number of carboxylic acid groups (broad SMARTS) is 1. The van der Waals surface area contributed by atoms with E-state index in [1.807, 2.05) is 30.3 Å². The van der Waals surface area contributed by atoms with Crippen LogP contribution in [0.1, 0.15) is 36.7 Å². The highest BCUT2D eigenvalue weighted by atomic mass is 32.1. The fourth-order valence-electron chi connectivity index (χ4n) is 2.66. The average molecular weight is 395 g/mol. The van der Waals surface area contributed by atoms with E-state index in [1.54, 1.807) is 37.3 Å². The first-order chi connectivity index (χ1) is 13.5. The summed E-state index contributed by atoms with van der Waals surface area (Å²) in [7, 11) is 0. The molecule has 0 aliphatic heterocycles. The van der Waals surface area contributed by atoms with E-state index in [2.05, 4.69) is 5.32 Å². The zero-order valence-corrected chi connectivity index (χ0v) is 15.8. The van der Waals surface area contributed by atoms with Crippen LogP contribution in [0.15, 0.2) is 60.7 Å². The summed E-state index contributed by atoms with van der Waals surface area (Å²) >= 11 is 0.835. The zero-order valence-electron chi connectivity index (χ0n) is 15.0. The molecule has 0 aliphatic rings. The van der Waals surface area contributed by atoms with Gasteiger partial charge in [0.1, 0.15) is 16.5 Å². The summed E-state index contributed by atoms with van der Waals surface area (Å²) in [5.74, 6) is -1.52. The summed E-state index contributed by atoms with van der Waals surface area (Å²) in [4.78, 5) is 36.6. The molecule has 0 fully saturated rings. The lowest BCUT2D eigenvalue weighted by Crippen LogP contribution is -2.15. The number of carboxylic acids is 1. The maximum Gasteiger partial charge on any atom is 0.412 e.